The summed E-state index contributed by atoms with van der Waals surface area (Å²) in [6, 6.07) is 16.3. The molecule has 2 N–H and O–H groups in total. The SMILES string of the molecule is O=C(CCO)N1CCC(c2nc3c(-c4ccc(-c5ccccc5)nc4)cnn3c3[nH]ccc23)CC1. The van der Waals surface area contributed by atoms with Gasteiger partial charge in [-0.15, -0.1) is 0 Å². The predicted octanol–water partition coefficient (Wildman–Crippen LogP) is 4.03. The Kier molecular flexibility index (Phi) is 5.50. The molecule has 6 rings (SSSR count). The molecule has 0 aliphatic carbocycles. The number of fused-ring (bicyclic) bond motifs is 3. The van der Waals surface area contributed by atoms with E-state index in [1.807, 2.05) is 52.3 Å². The Morgan fingerprint density at radius 2 is 1.86 bits per heavy atom. The van der Waals surface area contributed by atoms with Crippen LogP contribution in [0.1, 0.15) is 30.9 Å². The molecule has 1 aliphatic heterocycles. The molecule has 0 atom stereocenters. The molecule has 35 heavy (non-hydrogen) atoms. The van der Waals surface area contributed by atoms with Gasteiger partial charge in [0.2, 0.25) is 5.91 Å². The standard InChI is InChI=1S/C27H26N6O2/c34-15-11-24(35)32-13-9-19(10-14-32)25-21-8-12-28-26(21)33-27(31-25)22(17-30-33)20-6-7-23(29-16-20)18-4-2-1-3-5-18/h1-8,12,16-17,19,28,34H,9-11,13-15H2. The topological polar surface area (TPSA) is 99.4 Å². The number of rotatable bonds is 5. The summed E-state index contributed by atoms with van der Waals surface area (Å²) in [5, 5.41) is 14.8. The van der Waals surface area contributed by atoms with Crippen LogP contribution in [0, 0.1) is 0 Å². The van der Waals surface area contributed by atoms with Crippen LogP contribution in [0.2, 0.25) is 0 Å². The molecule has 1 aliphatic rings. The minimum atomic E-state index is -0.105. The average molecular weight is 467 g/mol. The van der Waals surface area contributed by atoms with Crippen molar-refractivity contribution in [1.29, 1.82) is 0 Å². The van der Waals surface area contributed by atoms with Crippen molar-refractivity contribution in [2.24, 2.45) is 0 Å². The lowest BCUT2D eigenvalue weighted by molar-refractivity contribution is -0.132. The lowest BCUT2D eigenvalue weighted by Crippen LogP contribution is -2.38. The first-order valence-corrected chi connectivity index (χ1v) is 12.0. The molecule has 1 fully saturated rings. The maximum atomic E-state index is 12.2. The zero-order chi connectivity index (χ0) is 23.8. The van der Waals surface area contributed by atoms with Gasteiger partial charge in [-0.05, 0) is 25.0 Å². The third-order valence-corrected chi connectivity index (χ3v) is 6.89. The molecule has 0 bridgehead atoms. The number of nitrogens with one attached hydrogen (secondary N) is 1. The van der Waals surface area contributed by atoms with Gasteiger partial charge in [-0.3, -0.25) is 9.78 Å². The Morgan fingerprint density at radius 3 is 2.60 bits per heavy atom. The lowest BCUT2D eigenvalue weighted by Gasteiger charge is -2.32. The fraction of sp³-hybridized carbons (Fsp3) is 0.259. The van der Waals surface area contributed by atoms with Gasteiger partial charge in [-0.25, -0.2) is 4.98 Å². The van der Waals surface area contributed by atoms with Crippen molar-refractivity contribution in [2.45, 2.75) is 25.2 Å². The number of amides is 1. The number of hydrogen-bond acceptors (Lipinski definition) is 5. The van der Waals surface area contributed by atoms with Crippen molar-refractivity contribution in [2.75, 3.05) is 19.7 Å². The maximum Gasteiger partial charge on any atom is 0.224 e. The van der Waals surface area contributed by atoms with Crippen LogP contribution in [0.5, 0.6) is 0 Å². The highest BCUT2D eigenvalue weighted by Gasteiger charge is 2.27. The molecule has 1 saturated heterocycles. The van der Waals surface area contributed by atoms with Crippen LogP contribution in [-0.4, -0.2) is 60.2 Å². The summed E-state index contributed by atoms with van der Waals surface area (Å²) >= 11 is 0. The zero-order valence-corrected chi connectivity index (χ0v) is 19.3. The molecule has 176 valence electrons. The Hall–Kier alpha value is -4.04. The van der Waals surface area contributed by atoms with Crippen molar-refractivity contribution in [3.8, 4) is 22.4 Å². The summed E-state index contributed by atoms with van der Waals surface area (Å²) in [6.45, 7) is 1.25. The molecule has 0 saturated carbocycles. The molecule has 0 unspecified atom stereocenters. The van der Waals surface area contributed by atoms with Crippen molar-refractivity contribution < 1.29 is 9.90 Å². The minimum absolute atomic E-state index is 0.0191. The van der Waals surface area contributed by atoms with Gasteiger partial charge in [0, 0.05) is 59.9 Å². The number of pyridine rings is 1. The van der Waals surface area contributed by atoms with E-state index < -0.39 is 0 Å². The van der Waals surface area contributed by atoms with Gasteiger partial charge in [0.05, 0.1) is 24.2 Å². The Bertz CT molecular complexity index is 1480. The number of aromatic amines is 1. The Balaban J connectivity index is 1.35. The monoisotopic (exact) mass is 466 g/mol. The van der Waals surface area contributed by atoms with E-state index in [2.05, 4.69) is 39.3 Å². The maximum absolute atomic E-state index is 12.2. The van der Waals surface area contributed by atoms with E-state index in [1.54, 1.807) is 0 Å². The van der Waals surface area contributed by atoms with Crippen molar-refractivity contribution in [3.05, 3.63) is 72.8 Å². The molecular formula is C27H26N6O2. The first-order valence-electron chi connectivity index (χ1n) is 12.0. The number of H-pyrrole nitrogens is 1. The normalized spacial score (nSPS) is 14.7. The zero-order valence-electron chi connectivity index (χ0n) is 19.3. The first kappa shape index (κ1) is 21.5. The van der Waals surface area contributed by atoms with Gasteiger partial charge in [0.15, 0.2) is 5.65 Å². The summed E-state index contributed by atoms with van der Waals surface area (Å²) in [6.07, 6.45) is 7.53. The summed E-state index contributed by atoms with van der Waals surface area (Å²) < 4.78 is 1.86. The molecular weight excluding hydrogens is 440 g/mol. The number of piperidine rings is 1. The van der Waals surface area contributed by atoms with Gasteiger partial charge in [-0.2, -0.15) is 9.61 Å². The molecule has 8 nitrogen and oxygen atoms in total. The fourth-order valence-corrected chi connectivity index (χ4v) is 5.03. The van der Waals surface area contributed by atoms with Gasteiger partial charge < -0.3 is 15.0 Å². The number of aromatic nitrogens is 5. The fourth-order valence-electron chi connectivity index (χ4n) is 5.03. The summed E-state index contributed by atoms with van der Waals surface area (Å²) in [4.78, 5) is 27.2. The van der Waals surface area contributed by atoms with E-state index in [-0.39, 0.29) is 24.9 Å². The second kappa shape index (κ2) is 8.96. The number of aliphatic hydroxyl groups excluding tert-OH is 1. The molecule has 8 heteroatoms. The number of aliphatic hydroxyl groups is 1. The van der Waals surface area contributed by atoms with E-state index in [0.29, 0.717) is 13.1 Å². The van der Waals surface area contributed by atoms with Crippen LogP contribution in [0.3, 0.4) is 0 Å². The summed E-state index contributed by atoms with van der Waals surface area (Å²) in [5.74, 6) is 0.267. The quantitative estimate of drug-likeness (QED) is 0.407. The third-order valence-electron chi connectivity index (χ3n) is 6.89. The second-order valence-electron chi connectivity index (χ2n) is 8.96. The van der Waals surface area contributed by atoms with E-state index in [1.165, 1.54) is 0 Å². The van der Waals surface area contributed by atoms with Crippen molar-refractivity contribution in [3.63, 3.8) is 0 Å². The van der Waals surface area contributed by atoms with E-state index >= 15 is 0 Å². The summed E-state index contributed by atoms with van der Waals surface area (Å²) in [5.41, 5.74) is 6.66. The van der Waals surface area contributed by atoms with E-state index in [4.69, 9.17) is 10.1 Å². The van der Waals surface area contributed by atoms with Crippen molar-refractivity contribution in [1.82, 2.24) is 29.5 Å². The minimum Gasteiger partial charge on any atom is -0.396 e. The van der Waals surface area contributed by atoms with Crippen molar-refractivity contribution >= 4 is 22.6 Å². The number of benzene rings is 1. The predicted molar refractivity (Wildman–Crippen MR) is 134 cm³/mol. The summed E-state index contributed by atoms with van der Waals surface area (Å²) in [7, 11) is 0. The van der Waals surface area contributed by atoms with Crippen LogP contribution in [0.25, 0.3) is 39.1 Å². The van der Waals surface area contributed by atoms with E-state index in [0.717, 1.165) is 57.6 Å². The molecule has 1 aromatic carbocycles. The Labute approximate surface area is 202 Å². The van der Waals surface area contributed by atoms with Crippen LogP contribution in [-0.2, 0) is 4.79 Å². The lowest BCUT2D eigenvalue weighted by atomic mass is 9.91. The number of carbonyl (C=O) groups is 1. The third kappa shape index (κ3) is 3.85. The number of carbonyl (C=O) groups excluding carboxylic acids is 1. The van der Waals surface area contributed by atoms with Gasteiger partial charge in [-0.1, -0.05) is 36.4 Å². The molecule has 0 radical (unpaired) electrons. The average Bonchev–Trinajstić information content (AvgIpc) is 3.56. The van der Waals surface area contributed by atoms with Crippen LogP contribution in [0.15, 0.2) is 67.1 Å². The van der Waals surface area contributed by atoms with Crippen LogP contribution in [0.4, 0.5) is 0 Å². The highest BCUT2D eigenvalue weighted by atomic mass is 16.3. The molecule has 5 heterocycles. The van der Waals surface area contributed by atoms with Gasteiger partial charge in [0.25, 0.3) is 0 Å². The van der Waals surface area contributed by atoms with Gasteiger partial charge >= 0.3 is 0 Å². The number of nitrogens with zero attached hydrogens (tertiary/aromatic N) is 5. The smallest absolute Gasteiger partial charge is 0.224 e. The molecule has 0 spiro atoms. The highest BCUT2D eigenvalue weighted by molar-refractivity contribution is 5.86. The van der Waals surface area contributed by atoms with Gasteiger partial charge in [0.1, 0.15) is 5.65 Å². The second-order valence-corrected chi connectivity index (χ2v) is 8.96. The number of likely N-dealkylation sites (tertiary alicyclic amines) is 1. The van der Waals surface area contributed by atoms with Crippen LogP contribution >= 0.6 is 0 Å². The first-order chi connectivity index (χ1) is 17.2. The van der Waals surface area contributed by atoms with Crippen LogP contribution < -0.4 is 0 Å². The molecule has 5 aromatic rings. The number of hydrogen-bond donors (Lipinski definition) is 2. The molecule has 4 aromatic heterocycles. The largest absolute Gasteiger partial charge is 0.396 e. The Morgan fingerprint density at radius 1 is 1.03 bits per heavy atom. The van der Waals surface area contributed by atoms with E-state index in [9.17, 15) is 4.79 Å². The molecule has 1 amide bonds. The highest BCUT2D eigenvalue weighted by Crippen LogP contribution is 2.34.